The van der Waals surface area contributed by atoms with Gasteiger partial charge in [0.15, 0.2) is 0 Å². The Hall–Kier alpha value is -1.00. The highest BCUT2D eigenvalue weighted by Crippen LogP contribution is 2.23. The monoisotopic (exact) mass is 253 g/mol. The second kappa shape index (κ2) is 5.37. The lowest BCUT2D eigenvalue weighted by molar-refractivity contribution is 0.625. The quantitative estimate of drug-likeness (QED) is 0.662. The number of halogens is 1. The molecule has 2 aromatic rings. The van der Waals surface area contributed by atoms with Gasteiger partial charge in [0.2, 0.25) is 0 Å². The van der Waals surface area contributed by atoms with Crippen LogP contribution in [0.5, 0.6) is 0 Å². The second-order valence-corrected chi connectivity index (χ2v) is 5.40. The van der Waals surface area contributed by atoms with Crippen LogP contribution < -0.4 is 5.73 Å². The molecule has 1 heterocycles. The van der Waals surface area contributed by atoms with E-state index in [2.05, 4.69) is 16.8 Å². The van der Waals surface area contributed by atoms with Crippen molar-refractivity contribution in [3.63, 3.8) is 0 Å². The van der Waals surface area contributed by atoms with Crippen LogP contribution in [0.2, 0.25) is 0 Å². The summed E-state index contributed by atoms with van der Waals surface area (Å²) in [5.74, 6) is 0.678. The number of hydrogen-bond acceptors (Lipinski definition) is 3. The van der Waals surface area contributed by atoms with Gasteiger partial charge in [0.25, 0.3) is 0 Å². The molecule has 2 N–H and O–H groups in total. The topological polar surface area (TPSA) is 26.0 Å². The van der Waals surface area contributed by atoms with E-state index < -0.39 is 0 Å². The fourth-order valence-electron chi connectivity index (χ4n) is 1.39. The van der Waals surface area contributed by atoms with E-state index in [1.54, 1.807) is 29.2 Å². The molecular weight excluding hydrogens is 241 g/mol. The molecule has 0 aliphatic heterocycles. The van der Waals surface area contributed by atoms with Gasteiger partial charge in [0.1, 0.15) is 5.82 Å². The van der Waals surface area contributed by atoms with Crippen molar-refractivity contribution in [3.8, 4) is 0 Å². The first-order valence-electron chi connectivity index (χ1n) is 4.94. The molecule has 0 amide bonds. The van der Waals surface area contributed by atoms with Gasteiger partial charge in [-0.3, -0.25) is 0 Å². The molecule has 0 aliphatic carbocycles. The fourth-order valence-corrected chi connectivity index (χ4v) is 3.08. The Bertz CT molecular complexity index is 434. The van der Waals surface area contributed by atoms with E-state index in [4.69, 9.17) is 5.73 Å². The van der Waals surface area contributed by atoms with Crippen LogP contribution in [0.1, 0.15) is 5.56 Å². The zero-order chi connectivity index (χ0) is 11.4. The van der Waals surface area contributed by atoms with Crippen molar-refractivity contribution in [1.29, 1.82) is 0 Å². The second-order valence-electron chi connectivity index (χ2n) is 3.45. The number of aryl methyl sites for hydroxylation is 1. The summed E-state index contributed by atoms with van der Waals surface area (Å²) in [4.78, 5) is 0.896. The maximum Gasteiger partial charge on any atom is 0.126 e. The van der Waals surface area contributed by atoms with E-state index in [9.17, 15) is 4.39 Å². The van der Waals surface area contributed by atoms with Crippen LogP contribution in [0.25, 0.3) is 0 Å². The van der Waals surface area contributed by atoms with Gasteiger partial charge in [-0.2, -0.15) is 11.3 Å². The zero-order valence-electron chi connectivity index (χ0n) is 8.65. The normalized spacial score (nSPS) is 10.6. The van der Waals surface area contributed by atoms with Crippen molar-refractivity contribution in [2.75, 3.05) is 11.5 Å². The van der Waals surface area contributed by atoms with Gasteiger partial charge in [-0.15, -0.1) is 11.8 Å². The summed E-state index contributed by atoms with van der Waals surface area (Å²) in [6, 6.07) is 6.78. The summed E-state index contributed by atoms with van der Waals surface area (Å²) in [5, 5.41) is 4.21. The molecule has 0 bridgehead atoms. The molecule has 1 aromatic carbocycles. The smallest absolute Gasteiger partial charge is 0.126 e. The molecule has 0 aliphatic rings. The van der Waals surface area contributed by atoms with Crippen molar-refractivity contribution in [3.05, 3.63) is 46.4 Å². The van der Waals surface area contributed by atoms with Crippen LogP contribution >= 0.6 is 23.1 Å². The molecule has 2 rings (SSSR count). The molecule has 0 unspecified atom stereocenters. The maximum atomic E-state index is 13.0. The summed E-state index contributed by atoms with van der Waals surface area (Å²) >= 11 is 3.33. The lowest BCUT2D eigenvalue weighted by Crippen LogP contribution is -1.89. The van der Waals surface area contributed by atoms with E-state index in [1.165, 1.54) is 17.7 Å². The summed E-state index contributed by atoms with van der Waals surface area (Å²) < 4.78 is 13.0. The van der Waals surface area contributed by atoms with E-state index in [0.29, 0.717) is 5.69 Å². The van der Waals surface area contributed by atoms with Crippen molar-refractivity contribution >= 4 is 28.8 Å². The third kappa shape index (κ3) is 3.25. The minimum atomic E-state index is -0.266. The third-order valence-corrected chi connectivity index (χ3v) is 3.84. The van der Waals surface area contributed by atoms with E-state index >= 15 is 0 Å². The Balaban J connectivity index is 1.89. The van der Waals surface area contributed by atoms with Gasteiger partial charge >= 0.3 is 0 Å². The van der Waals surface area contributed by atoms with Crippen LogP contribution in [0.15, 0.2) is 39.9 Å². The van der Waals surface area contributed by atoms with Gasteiger partial charge in [-0.1, -0.05) is 0 Å². The predicted molar refractivity (Wildman–Crippen MR) is 69.6 cm³/mol. The molecule has 4 heteroatoms. The molecule has 1 aromatic heterocycles. The van der Waals surface area contributed by atoms with Crippen LogP contribution in [0.4, 0.5) is 10.1 Å². The molecule has 0 fully saturated rings. The number of thiophene rings is 1. The van der Waals surface area contributed by atoms with Gasteiger partial charge < -0.3 is 5.73 Å². The average Bonchev–Trinajstić information content (AvgIpc) is 2.69. The first-order chi connectivity index (χ1) is 7.74. The molecule has 0 saturated carbocycles. The van der Waals surface area contributed by atoms with Crippen LogP contribution in [-0.4, -0.2) is 5.75 Å². The SMILES string of the molecule is Nc1cc(F)cc(SCCc2ccsc2)c1. The first-order valence-corrected chi connectivity index (χ1v) is 6.87. The maximum absolute atomic E-state index is 13.0. The largest absolute Gasteiger partial charge is 0.399 e. The number of nitrogens with two attached hydrogens (primary N) is 1. The number of nitrogen functional groups attached to an aromatic ring is 1. The van der Waals surface area contributed by atoms with E-state index in [1.807, 2.05) is 0 Å². The van der Waals surface area contributed by atoms with Gasteiger partial charge in [0, 0.05) is 16.3 Å². The van der Waals surface area contributed by atoms with Crippen molar-refractivity contribution in [2.45, 2.75) is 11.3 Å². The Labute approximate surface area is 102 Å². The Kier molecular flexibility index (Phi) is 3.85. The highest BCUT2D eigenvalue weighted by atomic mass is 32.2. The number of thioether (sulfide) groups is 1. The summed E-state index contributed by atoms with van der Waals surface area (Å²) in [7, 11) is 0. The minimum Gasteiger partial charge on any atom is -0.399 e. The average molecular weight is 253 g/mol. The zero-order valence-corrected chi connectivity index (χ0v) is 10.3. The van der Waals surface area contributed by atoms with Gasteiger partial charge in [0.05, 0.1) is 0 Å². The van der Waals surface area contributed by atoms with E-state index in [-0.39, 0.29) is 5.82 Å². The van der Waals surface area contributed by atoms with Gasteiger partial charge in [-0.05, 0) is 47.0 Å². The molecule has 84 valence electrons. The van der Waals surface area contributed by atoms with Crippen LogP contribution in [-0.2, 0) is 6.42 Å². The van der Waals surface area contributed by atoms with Crippen LogP contribution in [0, 0.1) is 5.82 Å². The first kappa shape index (κ1) is 11.5. The summed E-state index contributed by atoms with van der Waals surface area (Å²) in [6.45, 7) is 0. The van der Waals surface area contributed by atoms with Gasteiger partial charge in [-0.25, -0.2) is 4.39 Å². The molecule has 1 nitrogen and oxygen atoms in total. The molecule has 0 atom stereocenters. The molecule has 0 radical (unpaired) electrons. The highest BCUT2D eigenvalue weighted by Gasteiger charge is 2.00. The lowest BCUT2D eigenvalue weighted by atomic mass is 10.3. The number of anilines is 1. The third-order valence-electron chi connectivity index (χ3n) is 2.13. The Morgan fingerprint density at radius 1 is 1.31 bits per heavy atom. The Morgan fingerprint density at radius 3 is 2.88 bits per heavy atom. The van der Waals surface area contributed by atoms with E-state index in [0.717, 1.165) is 17.1 Å². The van der Waals surface area contributed by atoms with Crippen LogP contribution in [0.3, 0.4) is 0 Å². The predicted octanol–water partition coefficient (Wildman–Crippen LogP) is 3.80. The lowest BCUT2D eigenvalue weighted by Gasteiger charge is -2.02. The van der Waals surface area contributed by atoms with Crippen molar-refractivity contribution < 1.29 is 4.39 Å². The standard InChI is InChI=1S/C12H12FNS2/c13-10-5-11(14)7-12(6-10)16-4-2-9-1-3-15-8-9/h1,3,5-8H,2,4,14H2. The number of rotatable bonds is 4. The fraction of sp³-hybridized carbons (Fsp3) is 0.167. The highest BCUT2D eigenvalue weighted by molar-refractivity contribution is 7.99. The Morgan fingerprint density at radius 2 is 2.19 bits per heavy atom. The molecule has 0 saturated heterocycles. The van der Waals surface area contributed by atoms with Crippen molar-refractivity contribution in [2.24, 2.45) is 0 Å². The molecule has 0 spiro atoms. The van der Waals surface area contributed by atoms with Crippen molar-refractivity contribution in [1.82, 2.24) is 0 Å². The number of hydrogen-bond donors (Lipinski definition) is 1. The summed E-state index contributed by atoms with van der Waals surface area (Å²) in [5.41, 5.74) is 7.39. The summed E-state index contributed by atoms with van der Waals surface area (Å²) in [6.07, 6.45) is 1.00. The molecule has 16 heavy (non-hydrogen) atoms. The minimum absolute atomic E-state index is 0.266. The molecular formula is C12H12FNS2. The number of benzene rings is 1.